The molecule has 0 aromatic heterocycles. The number of anilines is 3. The Bertz CT molecular complexity index is 2880. The second kappa shape index (κ2) is 40.1. The van der Waals surface area contributed by atoms with Gasteiger partial charge in [0.15, 0.2) is 0 Å². The van der Waals surface area contributed by atoms with Gasteiger partial charge in [0, 0.05) is 64.5 Å². The fraction of sp³-hybridized carbons (Fsp3) is 0.486. The van der Waals surface area contributed by atoms with Gasteiger partial charge in [-0.1, -0.05) is 29.3 Å². The van der Waals surface area contributed by atoms with Crippen molar-refractivity contribution >= 4 is 168 Å². The number of hydrogen-bond acceptors (Lipinski definition) is 25. The first-order valence-corrected chi connectivity index (χ1v) is 29.4. The van der Waals surface area contributed by atoms with Crippen LogP contribution in [0.1, 0.15) is 5.56 Å². The van der Waals surface area contributed by atoms with Crippen LogP contribution in [-0.4, -0.2) is 227 Å². The standard InChI is InChI=1S/C13H19ClN4.C11H16ClN3.C4H5B2F3N3O4S.C4H9B2N2O2S.C3H8B2N3O2.C2F6O5S2/c1-17-4-6-18(7-5-17)12-3-2-10(8-11(12)14)9-13(15)16;1-14-4-6-15(7-5-14)11-3-2-9(13)8-10(11)12;1-15-6-11-3(5-16-2-10)12-17(13,14)4(7,8)9;1-6(9)8-4(11-2)5-10-3-7;1-5(9)8-3(7)4-10-2-6;3-1(4,5)14(9,10)13-15(11,12)2(6,7)8/h2-3,8H,4-7,9H2,1H3,(H3,15,16);2-3,8H,4-7,13H2,1H3;2,10H,1H3;3,7,9H,1-2H3;2,6,9H,1H3,(H2,7,8);. The number of piperazine rings is 2. The molecule has 2 aromatic rings. The summed E-state index contributed by atoms with van der Waals surface area (Å²) in [5, 5.41) is 45.6. The number of amidine groups is 3. The Hall–Kier alpha value is -5.53. The molecule has 2 fully saturated rings. The zero-order valence-corrected chi connectivity index (χ0v) is 50.8. The predicted octanol–water partition coefficient (Wildman–Crippen LogP) is 2.54. The Balaban J connectivity index is 0. The van der Waals surface area contributed by atoms with Gasteiger partial charge in [-0.15, -0.1) is 15.4 Å². The maximum Gasteiger partial charge on any atom is 0.524 e. The Morgan fingerprint density at radius 3 is 1.49 bits per heavy atom. The molecule has 49 heteroatoms. The maximum absolute atomic E-state index is 12.0. The zero-order valence-electron chi connectivity index (χ0n) is 46.0. The predicted molar refractivity (Wildman–Crippen MR) is 318 cm³/mol. The number of nitrogens with one attached hydrogen (secondary N) is 4. The second-order valence-corrected chi connectivity index (χ2v) is 22.6. The van der Waals surface area contributed by atoms with Gasteiger partial charge in [-0.05, 0) is 69.9 Å². The minimum Gasteiger partial charge on any atom is -0.548 e. The molecule has 0 bridgehead atoms. The van der Waals surface area contributed by atoms with E-state index in [1.807, 2.05) is 46.3 Å². The Morgan fingerprint density at radius 2 is 1.13 bits per heavy atom. The van der Waals surface area contributed by atoms with Crippen LogP contribution >= 0.6 is 35.0 Å². The fourth-order valence-electron chi connectivity index (χ4n) is 5.42. The van der Waals surface area contributed by atoms with Crippen LogP contribution in [0.25, 0.3) is 0 Å². The number of benzene rings is 2. The summed E-state index contributed by atoms with van der Waals surface area (Å²) < 4.78 is 187. The minimum atomic E-state index is -6.85. The van der Waals surface area contributed by atoms with Crippen molar-refractivity contribution in [3.63, 3.8) is 0 Å². The third kappa shape index (κ3) is 34.7. The summed E-state index contributed by atoms with van der Waals surface area (Å²) in [4.78, 5) is 20.2. The first kappa shape index (κ1) is 82.5. The number of likely N-dealkylation sites (N-methyl/N-ethyl adjacent to an activating group) is 2. The van der Waals surface area contributed by atoms with Crippen LogP contribution in [-0.2, 0) is 58.9 Å². The molecule has 4 rings (SSSR count). The van der Waals surface area contributed by atoms with Crippen molar-refractivity contribution in [3.05, 3.63) is 52.0 Å². The van der Waals surface area contributed by atoms with E-state index in [2.05, 4.69) is 71.4 Å². The van der Waals surface area contributed by atoms with E-state index in [1.54, 1.807) is 6.82 Å². The van der Waals surface area contributed by atoms with Crippen LogP contribution in [0.15, 0.2) is 55.5 Å². The number of hydrogen-bond donors (Lipinski definition) is 9. The van der Waals surface area contributed by atoms with Crippen molar-refractivity contribution < 1.29 is 97.1 Å². The average molecular weight is 1350 g/mol. The minimum absolute atomic E-state index is 0.0542. The summed E-state index contributed by atoms with van der Waals surface area (Å²) in [7, 11) is -12.1. The molecule has 0 unspecified atom stereocenters. The van der Waals surface area contributed by atoms with Gasteiger partial charge in [-0.25, -0.2) is 0 Å². The fourth-order valence-corrected chi connectivity index (χ4v) is 8.46. The number of sulfonamides is 1. The van der Waals surface area contributed by atoms with Crippen molar-refractivity contribution in [2.24, 2.45) is 30.6 Å². The van der Waals surface area contributed by atoms with Crippen molar-refractivity contribution in [2.75, 3.05) is 95.4 Å². The molecule has 477 valence electrons. The van der Waals surface area contributed by atoms with E-state index in [4.69, 9.17) is 72.1 Å². The number of thioether (sulfide) groups is 1. The molecule has 0 saturated carbocycles. The molecule has 86 heavy (non-hydrogen) atoms. The van der Waals surface area contributed by atoms with Crippen LogP contribution in [0.3, 0.4) is 0 Å². The van der Waals surface area contributed by atoms with Gasteiger partial charge in [0.05, 0.1) is 37.9 Å². The maximum atomic E-state index is 12.0. The largest absolute Gasteiger partial charge is 0.548 e. The average Bonchev–Trinajstić information content (AvgIpc) is 1.36. The van der Waals surface area contributed by atoms with Gasteiger partial charge in [0.25, 0.3) is 0 Å². The Morgan fingerprint density at radius 1 is 0.709 bits per heavy atom. The smallest absolute Gasteiger partial charge is 0.524 e. The van der Waals surface area contributed by atoms with E-state index in [1.165, 1.54) is 26.1 Å². The topological polar surface area (TPSA) is 425 Å². The van der Waals surface area contributed by atoms with Gasteiger partial charge in [-0.2, -0.15) is 43.2 Å². The van der Waals surface area contributed by atoms with Crippen molar-refractivity contribution in [3.8, 4) is 0 Å². The van der Waals surface area contributed by atoms with Gasteiger partial charge in [0.2, 0.25) is 0 Å². The Kier molecular flexibility index (Phi) is 38.5. The van der Waals surface area contributed by atoms with Crippen LogP contribution in [0, 0.1) is 21.6 Å². The van der Waals surface area contributed by atoms with E-state index in [0.717, 1.165) is 106 Å². The second-order valence-electron chi connectivity index (χ2n) is 16.1. The summed E-state index contributed by atoms with van der Waals surface area (Å²) in [5.41, 5.74) is 1.19. The number of rotatable bonds is 19. The molecule has 2 saturated heterocycles. The molecule has 2 aliphatic heterocycles. The summed E-state index contributed by atoms with van der Waals surface area (Å²) in [6.07, 6.45) is 4.13. The molecule has 0 atom stereocenters. The molecule has 0 aliphatic carbocycles. The van der Waals surface area contributed by atoms with Crippen LogP contribution in [0.5, 0.6) is 0 Å². The summed E-state index contributed by atoms with van der Waals surface area (Å²) in [6.45, 7) is 11.4. The molecule has 28 nitrogen and oxygen atoms in total. The number of nitrogen functional groups attached to an aromatic ring is 1. The van der Waals surface area contributed by atoms with Gasteiger partial charge >= 0.3 is 155 Å². The van der Waals surface area contributed by atoms with E-state index in [0.29, 0.717) is 38.9 Å². The van der Waals surface area contributed by atoms with Crippen LogP contribution in [0.4, 0.5) is 56.6 Å². The molecular weight excluding hydrogens is 1300 g/mol. The van der Waals surface area contributed by atoms with E-state index < -0.39 is 66.6 Å². The van der Waals surface area contributed by atoms with Gasteiger partial charge in [-0.3, -0.25) is 16.2 Å². The molecular formula is C37H57B6Cl2F9N15O13S4. The third-order valence-corrected chi connectivity index (χ3v) is 14.0. The monoisotopic (exact) mass is 1350 g/mol. The van der Waals surface area contributed by atoms with Gasteiger partial charge in [0.1, 0.15) is 12.8 Å². The number of nitrogens with two attached hydrogens (primary N) is 3. The van der Waals surface area contributed by atoms with Crippen LogP contribution in [0.2, 0.25) is 23.7 Å². The molecule has 3 radical (unpaired) electrons. The van der Waals surface area contributed by atoms with Crippen molar-refractivity contribution in [1.29, 1.82) is 21.6 Å². The Labute approximate surface area is 508 Å². The summed E-state index contributed by atoms with van der Waals surface area (Å²) in [6, 6.07) is 11.7. The number of halogens is 11. The summed E-state index contributed by atoms with van der Waals surface area (Å²) in [5.74, 6) is 0.165. The first-order chi connectivity index (χ1) is 39.5. The van der Waals surface area contributed by atoms with Crippen molar-refractivity contribution in [1.82, 2.24) is 9.80 Å². The number of nitrogens with zero attached hydrogens (tertiary/aromatic N) is 8. The van der Waals surface area contributed by atoms with Crippen LogP contribution < -0.4 is 27.0 Å². The van der Waals surface area contributed by atoms with E-state index >= 15 is 0 Å². The van der Waals surface area contributed by atoms with E-state index in [9.17, 15) is 64.8 Å². The van der Waals surface area contributed by atoms with Gasteiger partial charge < -0.3 is 66.0 Å². The molecule has 12 N–H and O–H groups in total. The number of alkyl halides is 9. The molecule has 0 amide bonds. The zero-order chi connectivity index (χ0) is 66.9. The molecule has 2 heterocycles. The van der Waals surface area contributed by atoms with Crippen molar-refractivity contribution in [2.45, 2.75) is 36.6 Å². The SMILES string of the molecule is CB(O)N=C(N)[B]OC=N.CN1CCN(c2ccc(CC(=N)N)cc2Cl)CC1.CN1CCN(c2ccc(N)cc2Cl)CC1.COB=NC([B]OC=N)=NS(=O)(=O)C(F)(F)F.CSC([B]OC=N)=NB(C)O.O=S(=O)(OS(=O)(=O)C(F)(F)F)C(F)(F)F. The molecule has 2 aliphatic rings. The molecule has 0 spiro atoms. The van der Waals surface area contributed by atoms with E-state index in [-0.39, 0.29) is 11.6 Å². The first-order valence-electron chi connectivity index (χ1n) is 23.1. The third-order valence-electron chi connectivity index (χ3n) is 9.20. The normalized spacial score (nSPS) is 14.5. The summed E-state index contributed by atoms with van der Waals surface area (Å²) >= 11 is 13.8. The quantitative estimate of drug-likeness (QED) is 0.0244. The molecule has 2 aromatic carbocycles.